The van der Waals surface area contributed by atoms with Gasteiger partial charge in [-0.05, 0) is 65.1 Å². The van der Waals surface area contributed by atoms with E-state index in [-0.39, 0.29) is 11.1 Å². The molecule has 29 heavy (non-hydrogen) atoms. The van der Waals surface area contributed by atoms with Gasteiger partial charge in [-0.25, -0.2) is 15.0 Å². The first-order valence-electron chi connectivity index (χ1n) is 10.8. The Bertz CT molecular complexity index is 614. The summed E-state index contributed by atoms with van der Waals surface area (Å²) in [5.74, 6) is 0.598. The zero-order valence-electron chi connectivity index (χ0n) is 18.4. The highest BCUT2D eigenvalue weighted by atomic mass is 35.5. The molecule has 1 unspecified atom stereocenters. The highest BCUT2D eigenvalue weighted by molar-refractivity contribution is 6.65. The number of nitrogens with one attached hydrogen (secondary N) is 1. The van der Waals surface area contributed by atoms with Crippen LogP contribution in [0.1, 0.15) is 60.3 Å². The quantitative estimate of drug-likeness (QED) is 0.398. The molecule has 0 amide bonds. The smallest absolute Gasteiger partial charge is 0.226 e. The Balaban J connectivity index is 1.78. The van der Waals surface area contributed by atoms with E-state index in [9.17, 15) is 0 Å². The maximum absolute atomic E-state index is 6.78. The van der Waals surface area contributed by atoms with Crippen molar-refractivity contribution in [2.45, 2.75) is 83.0 Å². The van der Waals surface area contributed by atoms with Crippen LogP contribution in [0.4, 0.5) is 0 Å². The minimum absolute atomic E-state index is 0.152. The second-order valence-corrected chi connectivity index (χ2v) is 10.1. The van der Waals surface area contributed by atoms with Crippen LogP contribution >= 0.6 is 23.2 Å². The van der Waals surface area contributed by atoms with Crippen molar-refractivity contribution in [3.63, 3.8) is 0 Å². The Labute approximate surface area is 185 Å². The average Bonchev–Trinajstić information content (AvgIpc) is 2.63. The van der Waals surface area contributed by atoms with Gasteiger partial charge in [0, 0.05) is 30.2 Å². The van der Waals surface area contributed by atoms with Crippen LogP contribution in [-0.2, 0) is 4.74 Å². The van der Waals surface area contributed by atoms with Gasteiger partial charge in [0.05, 0.1) is 13.2 Å². The molecule has 7 nitrogen and oxygen atoms in total. The lowest BCUT2D eigenvalue weighted by Crippen LogP contribution is -2.71. The van der Waals surface area contributed by atoms with Crippen molar-refractivity contribution in [1.29, 1.82) is 0 Å². The van der Waals surface area contributed by atoms with Gasteiger partial charge in [-0.3, -0.25) is 0 Å². The maximum atomic E-state index is 6.78. The van der Waals surface area contributed by atoms with E-state index >= 15 is 0 Å². The molecule has 3 aliphatic rings. The molecule has 1 atom stereocenters. The predicted molar refractivity (Wildman–Crippen MR) is 121 cm³/mol. The number of hydrogen-bond acceptors (Lipinski definition) is 7. The lowest BCUT2D eigenvalue weighted by atomic mass is 9.78. The Hall–Kier alpha value is -0.600. The molecule has 166 valence electrons. The van der Waals surface area contributed by atoms with Gasteiger partial charge in [-0.2, -0.15) is 4.99 Å². The molecule has 3 heterocycles. The van der Waals surface area contributed by atoms with Crippen molar-refractivity contribution in [3.8, 4) is 0 Å². The number of nitrogens with zero attached hydrogens (tertiary/aromatic N) is 5. The lowest BCUT2D eigenvalue weighted by Gasteiger charge is -2.59. The third-order valence-electron chi connectivity index (χ3n) is 5.92. The molecule has 0 spiro atoms. The molecule has 2 saturated heterocycles. The number of hydrazine groups is 1. The number of piperidine rings is 1. The largest absolute Gasteiger partial charge is 0.378 e. The molecule has 0 aromatic carbocycles. The minimum atomic E-state index is -0.624. The molecule has 0 aromatic heterocycles. The Morgan fingerprint density at radius 3 is 2.31 bits per heavy atom. The van der Waals surface area contributed by atoms with Crippen LogP contribution in [0, 0.1) is 0 Å². The monoisotopic (exact) mass is 446 g/mol. The Morgan fingerprint density at radius 2 is 1.76 bits per heavy atom. The van der Waals surface area contributed by atoms with Gasteiger partial charge in [0.1, 0.15) is 0 Å². The lowest BCUT2D eigenvalue weighted by molar-refractivity contribution is -0.157. The number of aliphatic imine (C=N–C) groups is 2. The van der Waals surface area contributed by atoms with Gasteiger partial charge in [0.25, 0.3) is 0 Å². The first-order chi connectivity index (χ1) is 13.7. The zero-order valence-corrected chi connectivity index (χ0v) is 19.9. The van der Waals surface area contributed by atoms with Crippen LogP contribution in [0.5, 0.6) is 0 Å². The van der Waals surface area contributed by atoms with Gasteiger partial charge in [0.2, 0.25) is 16.9 Å². The molecule has 2 fully saturated rings. The number of morpholine rings is 1. The molecule has 3 aliphatic heterocycles. The van der Waals surface area contributed by atoms with E-state index in [2.05, 4.69) is 59.8 Å². The molecule has 0 saturated carbocycles. The summed E-state index contributed by atoms with van der Waals surface area (Å²) >= 11 is 13.5. The van der Waals surface area contributed by atoms with E-state index in [0.717, 1.165) is 32.5 Å². The summed E-state index contributed by atoms with van der Waals surface area (Å²) in [5, 5.41) is 8.28. The highest BCUT2D eigenvalue weighted by Gasteiger charge is 2.51. The summed E-state index contributed by atoms with van der Waals surface area (Å²) in [4.78, 5) is 11.4. The van der Waals surface area contributed by atoms with Gasteiger partial charge in [-0.15, -0.1) is 0 Å². The summed E-state index contributed by atoms with van der Waals surface area (Å²) in [6.07, 6.45) is 4.42. The first-order valence-corrected chi connectivity index (χ1v) is 11.6. The third kappa shape index (κ3) is 5.18. The number of hydrogen-bond donors (Lipinski definition) is 1. The minimum Gasteiger partial charge on any atom is -0.378 e. The van der Waals surface area contributed by atoms with E-state index in [1.165, 1.54) is 12.8 Å². The summed E-state index contributed by atoms with van der Waals surface area (Å²) in [5.41, 5.74) is -0.929. The fourth-order valence-electron chi connectivity index (χ4n) is 4.98. The normalized spacial score (nSPS) is 28.3. The van der Waals surface area contributed by atoms with Crippen LogP contribution in [0.2, 0.25) is 0 Å². The van der Waals surface area contributed by atoms with Crippen molar-refractivity contribution < 1.29 is 4.74 Å². The molecular weight excluding hydrogens is 411 g/mol. The second kappa shape index (κ2) is 9.27. The third-order valence-corrected chi connectivity index (χ3v) is 6.46. The Kier molecular flexibility index (Phi) is 7.37. The average molecular weight is 447 g/mol. The fourth-order valence-corrected chi connectivity index (χ4v) is 5.54. The SMILES string of the molecule is CCCCNC1CC(C)(C)N(N2C(Cl)=NC(N3CCOCC3)=NC2Cl)C(C)(C)C1. The molecule has 1 N–H and O–H groups in total. The van der Waals surface area contributed by atoms with E-state index in [1.54, 1.807) is 0 Å². The van der Waals surface area contributed by atoms with Gasteiger partial charge in [0.15, 0.2) is 0 Å². The van der Waals surface area contributed by atoms with E-state index < -0.39 is 5.62 Å². The molecule has 3 rings (SSSR count). The number of ether oxygens (including phenoxy) is 1. The standard InChI is InChI=1S/C20H36Cl2N6O/c1-6-7-8-23-15-13-19(2,3)28(20(4,5)14-15)27-16(21)24-18(25-17(27)22)26-9-11-29-12-10-26/h15-16,23H,6-14H2,1-5H3. The van der Waals surface area contributed by atoms with Crippen LogP contribution in [-0.4, -0.2) is 81.8 Å². The maximum Gasteiger partial charge on any atom is 0.226 e. The van der Waals surface area contributed by atoms with E-state index in [1.807, 2.05) is 5.01 Å². The highest BCUT2D eigenvalue weighted by Crippen LogP contribution is 2.42. The van der Waals surface area contributed by atoms with Gasteiger partial charge >= 0.3 is 0 Å². The number of amidine groups is 1. The molecule has 0 aliphatic carbocycles. The van der Waals surface area contributed by atoms with E-state index in [0.29, 0.717) is 30.5 Å². The van der Waals surface area contributed by atoms with Crippen molar-refractivity contribution in [1.82, 2.24) is 20.2 Å². The summed E-state index contributed by atoms with van der Waals surface area (Å²) < 4.78 is 5.42. The summed E-state index contributed by atoms with van der Waals surface area (Å²) in [6, 6.07) is 0.462. The Morgan fingerprint density at radius 1 is 1.14 bits per heavy atom. The van der Waals surface area contributed by atoms with E-state index in [4.69, 9.17) is 27.9 Å². The van der Waals surface area contributed by atoms with Crippen LogP contribution < -0.4 is 5.32 Å². The van der Waals surface area contributed by atoms with Crippen molar-refractivity contribution in [2.24, 2.45) is 9.98 Å². The number of guanidine groups is 1. The molecule has 0 bridgehead atoms. The van der Waals surface area contributed by atoms with Crippen molar-refractivity contribution >= 4 is 34.5 Å². The van der Waals surface area contributed by atoms with Gasteiger partial charge < -0.3 is 15.0 Å². The fraction of sp³-hybridized carbons (Fsp3) is 0.900. The van der Waals surface area contributed by atoms with Crippen molar-refractivity contribution in [2.75, 3.05) is 32.8 Å². The number of unbranched alkanes of at least 4 members (excludes halogenated alkanes) is 1. The summed E-state index contributed by atoms with van der Waals surface area (Å²) in [7, 11) is 0. The topological polar surface area (TPSA) is 55.7 Å². The number of alkyl halides is 1. The predicted octanol–water partition coefficient (Wildman–Crippen LogP) is 3.43. The second-order valence-electron chi connectivity index (χ2n) is 9.41. The van der Waals surface area contributed by atoms with Crippen LogP contribution in [0.15, 0.2) is 9.98 Å². The molecule has 0 radical (unpaired) electrons. The molecule has 0 aromatic rings. The number of rotatable bonds is 5. The summed E-state index contributed by atoms with van der Waals surface area (Å²) in [6.45, 7) is 15.1. The van der Waals surface area contributed by atoms with Crippen LogP contribution in [0.25, 0.3) is 0 Å². The van der Waals surface area contributed by atoms with Gasteiger partial charge in [-0.1, -0.05) is 24.9 Å². The van der Waals surface area contributed by atoms with Crippen molar-refractivity contribution in [3.05, 3.63) is 0 Å². The zero-order chi connectivity index (χ0) is 21.2. The number of halogens is 2. The van der Waals surface area contributed by atoms with Crippen LogP contribution in [0.3, 0.4) is 0 Å². The molecule has 9 heteroatoms. The molecular formula is C20H36Cl2N6O. The first kappa shape index (κ1) is 23.1.